The van der Waals surface area contributed by atoms with Crippen molar-refractivity contribution in [1.82, 2.24) is 30.3 Å². The highest BCUT2D eigenvalue weighted by molar-refractivity contribution is 5.79. The van der Waals surface area contributed by atoms with Crippen LogP contribution in [0.4, 0.5) is 0 Å². The Morgan fingerprint density at radius 3 is 2.75 bits per heavy atom. The van der Waals surface area contributed by atoms with Crippen molar-refractivity contribution in [2.45, 2.75) is 25.8 Å². The molecule has 7 heteroatoms. The summed E-state index contributed by atoms with van der Waals surface area (Å²) in [7, 11) is 3.67. The number of aromatic nitrogens is 3. The van der Waals surface area contributed by atoms with E-state index in [1.54, 1.807) is 18.1 Å². The summed E-state index contributed by atoms with van der Waals surface area (Å²) in [6, 6.07) is 0. The van der Waals surface area contributed by atoms with Gasteiger partial charge < -0.3 is 15.5 Å². The van der Waals surface area contributed by atoms with E-state index in [9.17, 15) is 0 Å². The van der Waals surface area contributed by atoms with Gasteiger partial charge in [-0.1, -0.05) is 6.42 Å². The second-order valence-electron chi connectivity index (χ2n) is 5.05. The zero-order chi connectivity index (χ0) is 14.2. The topological polar surface area (TPSA) is 70.4 Å². The number of likely N-dealkylation sites (tertiary alicyclic amines) is 1. The molecule has 0 amide bonds. The van der Waals surface area contributed by atoms with Gasteiger partial charge in [0.25, 0.3) is 0 Å². The molecule has 2 N–H and O–H groups in total. The van der Waals surface area contributed by atoms with Crippen molar-refractivity contribution in [2.75, 3.05) is 33.2 Å². The highest BCUT2D eigenvalue weighted by Gasteiger charge is 2.09. The number of nitrogens with zero attached hydrogens (tertiary/aromatic N) is 5. The fourth-order valence-corrected chi connectivity index (χ4v) is 2.38. The zero-order valence-corrected chi connectivity index (χ0v) is 12.5. The lowest BCUT2D eigenvalue weighted by Gasteiger charge is -2.26. The zero-order valence-electron chi connectivity index (χ0n) is 12.5. The van der Waals surface area contributed by atoms with Gasteiger partial charge in [-0.05, 0) is 25.9 Å². The Hall–Kier alpha value is -1.63. The number of hydrogen-bond donors (Lipinski definition) is 2. The maximum atomic E-state index is 4.22. The molecule has 1 aliphatic rings. The molecule has 0 bridgehead atoms. The van der Waals surface area contributed by atoms with E-state index in [4.69, 9.17) is 0 Å². The van der Waals surface area contributed by atoms with E-state index in [1.807, 2.05) is 7.05 Å². The first-order chi connectivity index (χ1) is 9.79. The molecule has 0 aliphatic carbocycles. The van der Waals surface area contributed by atoms with Crippen molar-refractivity contribution in [3.8, 4) is 0 Å². The van der Waals surface area contributed by atoms with E-state index in [2.05, 4.69) is 30.6 Å². The molecule has 0 radical (unpaired) electrons. The minimum atomic E-state index is 0.625. The third-order valence-corrected chi connectivity index (χ3v) is 3.61. The second kappa shape index (κ2) is 7.84. The van der Waals surface area contributed by atoms with Crippen molar-refractivity contribution in [1.29, 1.82) is 0 Å². The van der Waals surface area contributed by atoms with Gasteiger partial charge >= 0.3 is 0 Å². The average Bonchev–Trinajstić information content (AvgIpc) is 2.89. The van der Waals surface area contributed by atoms with E-state index in [0.717, 1.165) is 24.9 Å². The molecule has 1 aromatic rings. The molecule has 0 spiro atoms. The Labute approximate surface area is 120 Å². The summed E-state index contributed by atoms with van der Waals surface area (Å²) in [6.07, 6.45) is 5.60. The number of hydrogen-bond acceptors (Lipinski definition) is 4. The predicted molar refractivity (Wildman–Crippen MR) is 79.5 cm³/mol. The van der Waals surface area contributed by atoms with E-state index in [-0.39, 0.29) is 0 Å². The van der Waals surface area contributed by atoms with Crippen LogP contribution in [0.5, 0.6) is 0 Å². The molecule has 1 saturated heterocycles. The van der Waals surface area contributed by atoms with Gasteiger partial charge in [0, 0.05) is 27.2 Å². The summed E-state index contributed by atoms with van der Waals surface area (Å²) in [4.78, 5) is 10.9. The first-order valence-corrected chi connectivity index (χ1v) is 7.29. The SMILES string of the molecule is CN=C(NCCN1CCCCC1)NCc1ncnn1C. The van der Waals surface area contributed by atoms with Gasteiger partial charge in [0.05, 0.1) is 6.54 Å². The predicted octanol–water partition coefficient (Wildman–Crippen LogP) is -0.0340. The number of guanidine groups is 1. The third kappa shape index (κ3) is 4.48. The van der Waals surface area contributed by atoms with Crippen LogP contribution in [-0.4, -0.2) is 58.9 Å². The standard InChI is InChI=1S/C13H25N7/c1-14-13(16-10-12-17-11-18-19(12)2)15-6-9-20-7-4-3-5-8-20/h11H,3-10H2,1-2H3,(H2,14,15,16). The van der Waals surface area contributed by atoms with Gasteiger partial charge in [0.2, 0.25) is 0 Å². The molecule has 1 fully saturated rings. The monoisotopic (exact) mass is 279 g/mol. The van der Waals surface area contributed by atoms with Crippen LogP contribution >= 0.6 is 0 Å². The summed E-state index contributed by atoms with van der Waals surface area (Å²) in [6.45, 7) is 5.07. The Kier molecular flexibility index (Phi) is 5.79. The third-order valence-electron chi connectivity index (χ3n) is 3.61. The lowest BCUT2D eigenvalue weighted by Crippen LogP contribution is -2.42. The minimum Gasteiger partial charge on any atom is -0.355 e. The van der Waals surface area contributed by atoms with Crippen LogP contribution in [0.25, 0.3) is 0 Å². The van der Waals surface area contributed by atoms with Crippen LogP contribution in [0.15, 0.2) is 11.3 Å². The van der Waals surface area contributed by atoms with Crippen LogP contribution in [0, 0.1) is 0 Å². The van der Waals surface area contributed by atoms with E-state index < -0.39 is 0 Å². The minimum absolute atomic E-state index is 0.625. The first kappa shape index (κ1) is 14.8. The summed E-state index contributed by atoms with van der Waals surface area (Å²) in [5.74, 6) is 1.70. The van der Waals surface area contributed by atoms with Crippen molar-refractivity contribution >= 4 is 5.96 Å². The number of rotatable bonds is 5. The maximum absolute atomic E-state index is 4.22. The largest absolute Gasteiger partial charge is 0.355 e. The highest BCUT2D eigenvalue weighted by Crippen LogP contribution is 2.07. The molecule has 1 aliphatic heterocycles. The summed E-state index contributed by atoms with van der Waals surface area (Å²) < 4.78 is 1.76. The lowest BCUT2D eigenvalue weighted by atomic mass is 10.1. The quantitative estimate of drug-likeness (QED) is 0.585. The van der Waals surface area contributed by atoms with Crippen molar-refractivity contribution in [2.24, 2.45) is 12.0 Å². The Morgan fingerprint density at radius 1 is 1.30 bits per heavy atom. The summed E-state index contributed by atoms with van der Waals surface area (Å²) >= 11 is 0. The van der Waals surface area contributed by atoms with E-state index in [1.165, 1.54) is 32.4 Å². The lowest BCUT2D eigenvalue weighted by molar-refractivity contribution is 0.232. The summed E-state index contributed by atoms with van der Waals surface area (Å²) in [5, 5.41) is 10.6. The van der Waals surface area contributed by atoms with Gasteiger partial charge in [-0.25, -0.2) is 4.98 Å². The van der Waals surface area contributed by atoms with Crippen LogP contribution in [-0.2, 0) is 13.6 Å². The molecular formula is C13H25N7. The fraction of sp³-hybridized carbons (Fsp3) is 0.769. The molecule has 2 rings (SSSR count). The summed E-state index contributed by atoms with van der Waals surface area (Å²) in [5.41, 5.74) is 0. The number of nitrogens with one attached hydrogen (secondary N) is 2. The van der Waals surface area contributed by atoms with Gasteiger partial charge in [-0.15, -0.1) is 0 Å². The molecule has 112 valence electrons. The Bertz CT molecular complexity index is 420. The molecular weight excluding hydrogens is 254 g/mol. The van der Waals surface area contributed by atoms with Crippen LogP contribution in [0.1, 0.15) is 25.1 Å². The molecule has 0 atom stereocenters. The second-order valence-corrected chi connectivity index (χ2v) is 5.05. The fourth-order valence-electron chi connectivity index (χ4n) is 2.38. The van der Waals surface area contributed by atoms with Gasteiger partial charge in [0.1, 0.15) is 12.2 Å². The first-order valence-electron chi connectivity index (χ1n) is 7.29. The average molecular weight is 279 g/mol. The highest BCUT2D eigenvalue weighted by atomic mass is 15.3. The Balaban J connectivity index is 1.66. The number of piperidine rings is 1. The number of aliphatic imine (C=N–C) groups is 1. The molecule has 20 heavy (non-hydrogen) atoms. The molecule has 0 saturated carbocycles. The Morgan fingerprint density at radius 2 is 2.10 bits per heavy atom. The van der Waals surface area contributed by atoms with Crippen molar-refractivity contribution < 1.29 is 0 Å². The van der Waals surface area contributed by atoms with E-state index >= 15 is 0 Å². The molecule has 1 aromatic heterocycles. The van der Waals surface area contributed by atoms with Gasteiger partial charge in [-0.2, -0.15) is 5.10 Å². The van der Waals surface area contributed by atoms with Gasteiger partial charge in [-0.3, -0.25) is 9.67 Å². The van der Waals surface area contributed by atoms with Crippen molar-refractivity contribution in [3.63, 3.8) is 0 Å². The maximum Gasteiger partial charge on any atom is 0.191 e. The van der Waals surface area contributed by atoms with Crippen LogP contribution < -0.4 is 10.6 Å². The molecule has 0 unspecified atom stereocenters. The van der Waals surface area contributed by atoms with E-state index in [0.29, 0.717) is 6.54 Å². The number of aryl methyl sites for hydroxylation is 1. The van der Waals surface area contributed by atoms with Gasteiger partial charge in [0.15, 0.2) is 5.96 Å². The normalized spacial score (nSPS) is 17.2. The molecule has 2 heterocycles. The van der Waals surface area contributed by atoms with Crippen LogP contribution in [0.2, 0.25) is 0 Å². The van der Waals surface area contributed by atoms with Crippen LogP contribution in [0.3, 0.4) is 0 Å². The molecule has 7 nitrogen and oxygen atoms in total. The van der Waals surface area contributed by atoms with Crippen molar-refractivity contribution in [3.05, 3.63) is 12.2 Å². The molecule has 0 aromatic carbocycles. The smallest absolute Gasteiger partial charge is 0.191 e.